The zero-order valence-corrected chi connectivity index (χ0v) is 8.99. The first-order chi connectivity index (χ1) is 7.75. The average Bonchev–Trinajstić information content (AvgIpc) is 2.66. The van der Waals surface area contributed by atoms with Crippen LogP contribution in [0.4, 0.5) is 0 Å². The molecule has 78 valence electrons. The number of thiophene rings is 1. The Kier molecular flexibility index (Phi) is 1.91. The Morgan fingerprint density at radius 2 is 2.06 bits per heavy atom. The number of carbonyl (C=O) groups is 1. The van der Waals surface area contributed by atoms with Gasteiger partial charge in [-0.05, 0) is 18.2 Å². The van der Waals surface area contributed by atoms with E-state index in [2.05, 4.69) is 4.98 Å². The lowest BCUT2D eigenvalue weighted by atomic mass is 10.1. The zero-order valence-electron chi connectivity index (χ0n) is 8.18. The second-order valence-electron chi connectivity index (χ2n) is 3.49. The molecule has 3 nitrogen and oxygen atoms in total. The van der Waals surface area contributed by atoms with Crippen LogP contribution in [-0.4, -0.2) is 16.1 Å². The molecule has 0 amide bonds. The molecule has 4 heteroatoms. The van der Waals surface area contributed by atoms with Crippen molar-refractivity contribution in [3.05, 3.63) is 42.2 Å². The van der Waals surface area contributed by atoms with Crippen LogP contribution in [0.2, 0.25) is 0 Å². The molecule has 0 saturated carbocycles. The molecule has 2 aromatic heterocycles. The molecule has 0 bridgehead atoms. The lowest BCUT2D eigenvalue weighted by molar-refractivity contribution is 0.0697. The average molecular weight is 229 g/mol. The number of carboxylic acids is 1. The number of benzene rings is 1. The van der Waals surface area contributed by atoms with Crippen molar-refractivity contribution in [1.82, 2.24) is 4.98 Å². The predicted molar refractivity (Wildman–Crippen MR) is 64.1 cm³/mol. The van der Waals surface area contributed by atoms with E-state index >= 15 is 0 Å². The highest BCUT2D eigenvalue weighted by atomic mass is 32.1. The molecule has 0 aliphatic rings. The van der Waals surface area contributed by atoms with Crippen LogP contribution in [0.5, 0.6) is 0 Å². The van der Waals surface area contributed by atoms with Gasteiger partial charge < -0.3 is 5.11 Å². The fourth-order valence-electron chi connectivity index (χ4n) is 1.75. The highest BCUT2D eigenvalue weighted by Gasteiger charge is 2.08. The van der Waals surface area contributed by atoms with E-state index in [1.165, 1.54) is 0 Å². The molecular weight excluding hydrogens is 222 g/mol. The van der Waals surface area contributed by atoms with Gasteiger partial charge in [-0.2, -0.15) is 0 Å². The topological polar surface area (TPSA) is 50.2 Å². The van der Waals surface area contributed by atoms with Crippen LogP contribution < -0.4 is 0 Å². The van der Waals surface area contributed by atoms with Crippen molar-refractivity contribution >= 4 is 37.5 Å². The third kappa shape index (κ3) is 1.27. The molecule has 0 aliphatic heterocycles. The predicted octanol–water partition coefficient (Wildman–Crippen LogP) is 3.15. The van der Waals surface area contributed by atoms with Crippen LogP contribution in [0.1, 0.15) is 10.4 Å². The van der Waals surface area contributed by atoms with Crippen LogP contribution in [0.15, 0.2) is 36.7 Å². The van der Waals surface area contributed by atoms with E-state index in [9.17, 15) is 4.79 Å². The van der Waals surface area contributed by atoms with E-state index in [0.717, 1.165) is 20.2 Å². The van der Waals surface area contributed by atoms with Gasteiger partial charge in [0.05, 0.1) is 5.56 Å². The Hall–Kier alpha value is -1.94. The molecule has 3 rings (SSSR count). The smallest absolute Gasteiger partial charge is 0.335 e. The highest BCUT2D eigenvalue weighted by molar-refractivity contribution is 7.25. The molecule has 1 aromatic carbocycles. The van der Waals surface area contributed by atoms with E-state index < -0.39 is 5.97 Å². The van der Waals surface area contributed by atoms with Crippen LogP contribution in [0.25, 0.3) is 20.2 Å². The Morgan fingerprint density at radius 3 is 2.88 bits per heavy atom. The van der Waals surface area contributed by atoms with Crippen molar-refractivity contribution in [2.75, 3.05) is 0 Å². The summed E-state index contributed by atoms with van der Waals surface area (Å²) in [5.41, 5.74) is 0.326. The first-order valence-corrected chi connectivity index (χ1v) is 5.57. The fraction of sp³-hybridized carbons (Fsp3) is 0. The highest BCUT2D eigenvalue weighted by Crippen LogP contribution is 2.33. The largest absolute Gasteiger partial charge is 0.478 e. The van der Waals surface area contributed by atoms with E-state index in [0.29, 0.717) is 5.56 Å². The molecule has 3 aromatic rings. The molecular formula is C12H7NO2S. The van der Waals surface area contributed by atoms with Gasteiger partial charge in [-0.1, -0.05) is 6.07 Å². The van der Waals surface area contributed by atoms with Crippen molar-refractivity contribution in [3.63, 3.8) is 0 Å². The van der Waals surface area contributed by atoms with Crippen LogP contribution >= 0.6 is 11.3 Å². The standard InChI is InChI=1S/C12H7NO2S/c14-12(15)7-1-2-8-9-6-13-4-3-10(9)16-11(8)5-7/h1-6H,(H,14,15). The Bertz CT molecular complexity index is 702. The first kappa shape index (κ1) is 9.30. The Balaban J connectivity index is 2.41. The molecule has 0 unspecified atom stereocenters. The maximum absolute atomic E-state index is 10.9. The second kappa shape index (κ2) is 3.28. The minimum Gasteiger partial charge on any atom is -0.478 e. The number of fused-ring (bicyclic) bond motifs is 3. The number of pyridine rings is 1. The number of hydrogen-bond donors (Lipinski definition) is 1. The summed E-state index contributed by atoms with van der Waals surface area (Å²) >= 11 is 1.59. The third-order valence-electron chi connectivity index (χ3n) is 2.52. The quantitative estimate of drug-likeness (QED) is 0.697. The molecule has 0 spiro atoms. The summed E-state index contributed by atoms with van der Waals surface area (Å²) in [6.45, 7) is 0. The minimum atomic E-state index is -0.891. The zero-order chi connectivity index (χ0) is 11.1. The van der Waals surface area contributed by atoms with Gasteiger partial charge in [-0.25, -0.2) is 4.79 Å². The van der Waals surface area contributed by atoms with Crippen LogP contribution in [0.3, 0.4) is 0 Å². The van der Waals surface area contributed by atoms with E-state index in [4.69, 9.17) is 5.11 Å². The number of carboxylic acid groups (broad SMARTS) is 1. The maximum atomic E-state index is 10.9. The number of rotatable bonds is 1. The molecule has 0 saturated heterocycles. The van der Waals surface area contributed by atoms with E-state index in [1.54, 1.807) is 29.7 Å². The normalized spacial score (nSPS) is 11.0. The molecule has 16 heavy (non-hydrogen) atoms. The van der Waals surface area contributed by atoms with Gasteiger partial charge in [0.25, 0.3) is 0 Å². The molecule has 0 atom stereocenters. The van der Waals surface area contributed by atoms with Gasteiger partial charge in [0.1, 0.15) is 0 Å². The lowest BCUT2D eigenvalue weighted by Gasteiger charge is -1.94. The number of nitrogens with zero attached hydrogens (tertiary/aromatic N) is 1. The first-order valence-electron chi connectivity index (χ1n) is 4.75. The summed E-state index contributed by atoms with van der Waals surface area (Å²) in [7, 11) is 0. The van der Waals surface area contributed by atoms with Crippen molar-refractivity contribution in [3.8, 4) is 0 Å². The summed E-state index contributed by atoms with van der Waals surface area (Å²) in [5, 5.41) is 11.1. The summed E-state index contributed by atoms with van der Waals surface area (Å²) in [5.74, 6) is -0.891. The Labute approximate surface area is 95.0 Å². The molecule has 0 aliphatic carbocycles. The Morgan fingerprint density at radius 1 is 1.19 bits per heavy atom. The van der Waals surface area contributed by atoms with Crippen molar-refractivity contribution in [1.29, 1.82) is 0 Å². The van der Waals surface area contributed by atoms with Crippen LogP contribution in [0, 0.1) is 0 Å². The fourth-order valence-corrected chi connectivity index (χ4v) is 2.87. The molecule has 0 fully saturated rings. The summed E-state index contributed by atoms with van der Waals surface area (Å²) in [6.07, 6.45) is 3.56. The number of hydrogen-bond acceptors (Lipinski definition) is 3. The van der Waals surface area contributed by atoms with Crippen molar-refractivity contribution < 1.29 is 9.90 Å². The summed E-state index contributed by atoms with van der Waals surface area (Å²) in [6, 6.07) is 7.13. The SMILES string of the molecule is O=C(O)c1ccc2c(c1)sc1ccncc12. The monoisotopic (exact) mass is 229 g/mol. The lowest BCUT2D eigenvalue weighted by Crippen LogP contribution is -1.94. The van der Waals surface area contributed by atoms with Gasteiger partial charge in [-0.15, -0.1) is 11.3 Å². The number of aromatic nitrogens is 1. The van der Waals surface area contributed by atoms with Gasteiger partial charge in [0, 0.05) is 32.6 Å². The molecule has 0 radical (unpaired) electrons. The third-order valence-corrected chi connectivity index (χ3v) is 3.65. The number of aromatic carboxylic acids is 1. The summed E-state index contributed by atoms with van der Waals surface area (Å²) < 4.78 is 2.12. The van der Waals surface area contributed by atoms with E-state index in [1.807, 2.05) is 18.3 Å². The second-order valence-corrected chi connectivity index (χ2v) is 4.57. The minimum absolute atomic E-state index is 0.326. The van der Waals surface area contributed by atoms with E-state index in [-0.39, 0.29) is 0 Å². The summed E-state index contributed by atoms with van der Waals surface area (Å²) in [4.78, 5) is 14.9. The molecule has 2 heterocycles. The van der Waals surface area contributed by atoms with Crippen LogP contribution in [-0.2, 0) is 0 Å². The van der Waals surface area contributed by atoms with Gasteiger partial charge in [0.15, 0.2) is 0 Å². The van der Waals surface area contributed by atoms with Crippen molar-refractivity contribution in [2.24, 2.45) is 0 Å². The van der Waals surface area contributed by atoms with Gasteiger partial charge >= 0.3 is 5.97 Å². The molecule has 1 N–H and O–H groups in total. The maximum Gasteiger partial charge on any atom is 0.335 e. The van der Waals surface area contributed by atoms with Gasteiger partial charge in [-0.3, -0.25) is 4.98 Å². The van der Waals surface area contributed by atoms with Crippen molar-refractivity contribution in [2.45, 2.75) is 0 Å². The van der Waals surface area contributed by atoms with Gasteiger partial charge in [0.2, 0.25) is 0 Å².